The lowest BCUT2D eigenvalue weighted by Gasteiger charge is -2.38. The van der Waals surface area contributed by atoms with Crippen LogP contribution in [0.5, 0.6) is 0 Å². The quantitative estimate of drug-likeness (QED) is 0.536. The maximum Gasteiger partial charge on any atom is 0.340 e. The van der Waals surface area contributed by atoms with Crippen LogP contribution in [0, 0.1) is 0 Å². The molecular weight excluding hydrogens is 412 g/mol. The van der Waals surface area contributed by atoms with E-state index in [1.54, 1.807) is 36.1 Å². The van der Waals surface area contributed by atoms with Crippen molar-refractivity contribution in [1.82, 2.24) is 4.90 Å². The van der Waals surface area contributed by atoms with Crippen LogP contribution < -0.4 is 5.32 Å². The Morgan fingerprint density at radius 2 is 1.68 bits per heavy atom. The Balaban J connectivity index is 1.70. The summed E-state index contributed by atoms with van der Waals surface area (Å²) in [6.45, 7) is 2.54. The monoisotopic (exact) mass is 434 g/mol. The van der Waals surface area contributed by atoms with Crippen molar-refractivity contribution < 1.29 is 14.3 Å². The Kier molecular flexibility index (Phi) is 6.23. The summed E-state index contributed by atoms with van der Waals surface area (Å²) in [6, 6.07) is 21.9. The van der Waals surface area contributed by atoms with E-state index in [-0.39, 0.29) is 18.7 Å². The molecule has 31 heavy (non-hydrogen) atoms. The molecule has 6 heteroatoms. The highest BCUT2D eigenvalue weighted by molar-refractivity contribution is 6.31. The van der Waals surface area contributed by atoms with E-state index in [0.717, 1.165) is 17.5 Å². The average Bonchev–Trinajstić information content (AvgIpc) is 2.79. The molecule has 1 N–H and O–H groups in total. The van der Waals surface area contributed by atoms with Gasteiger partial charge in [0.2, 0.25) is 0 Å². The summed E-state index contributed by atoms with van der Waals surface area (Å²) in [7, 11) is 0. The number of carbonyl (C=O) groups excluding carboxylic acids is 2. The topological polar surface area (TPSA) is 58.6 Å². The van der Waals surface area contributed by atoms with Crippen LogP contribution in [0.4, 0.5) is 10.5 Å². The third-order valence-electron chi connectivity index (χ3n) is 5.41. The number of amides is 2. The molecule has 1 aliphatic rings. The minimum atomic E-state index is -0.468. The highest BCUT2D eigenvalue weighted by atomic mass is 35.5. The van der Waals surface area contributed by atoms with Gasteiger partial charge in [0, 0.05) is 11.6 Å². The maximum atomic E-state index is 13.4. The number of esters is 1. The van der Waals surface area contributed by atoms with Gasteiger partial charge in [-0.05, 0) is 48.2 Å². The van der Waals surface area contributed by atoms with Gasteiger partial charge in [-0.15, -0.1) is 0 Å². The number of ether oxygens (including phenoxy) is 1. The predicted molar refractivity (Wildman–Crippen MR) is 122 cm³/mol. The molecule has 0 unspecified atom stereocenters. The van der Waals surface area contributed by atoms with Crippen molar-refractivity contribution in [2.45, 2.75) is 19.4 Å². The molecule has 0 radical (unpaired) electrons. The van der Waals surface area contributed by atoms with Crippen molar-refractivity contribution in [1.29, 1.82) is 0 Å². The highest BCUT2D eigenvalue weighted by Gasteiger charge is 2.33. The van der Waals surface area contributed by atoms with Crippen LogP contribution in [0.15, 0.2) is 72.8 Å². The second-order valence-electron chi connectivity index (χ2n) is 7.26. The van der Waals surface area contributed by atoms with Crippen LogP contribution in [0.2, 0.25) is 5.02 Å². The predicted octanol–water partition coefficient (Wildman–Crippen LogP) is 5.70. The van der Waals surface area contributed by atoms with Gasteiger partial charge < -0.3 is 15.0 Å². The first kappa shape index (κ1) is 20.9. The fourth-order valence-electron chi connectivity index (χ4n) is 3.98. The number of nitrogens with zero attached hydrogens (tertiary/aromatic N) is 1. The molecule has 0 aliphatic carbocycles. The third kappa shape index (κ3) is 4.28. The molecule has 0 saturated heterocycles. The van der Waals surface area contributed by atoms with E-state index in [9.17, 15) is 9.59 Å². The molecule has 158 valence electrons. The molecule has 3 aromatic carbocycles. The molecule has 0 bridgehead atoms. The number of hydrogen-bond donors (Lipinski definition) is 1. The molecule has 4 rings (SSSR count). The normalized spacial score (nSPS) is 15.2. The van der Waals surface area contributed by atoms with Gasteiger partial charge in [0.15, 0.2) is 0 Å². The van der Waals surface area contributed by atoms with E-state index in [1.807, 2.05) is 42.5 Å². The Morgan fingerprint density at radius 3 is 2.45 bits per heavy atom. The van der Waals surface area contributed by atoms with Gasteiger partial charge in [-0.2, -0.15) is 0 Å². The first-order valence-electron chi connectivity index (χ1n) is 10.3. The molecule has 3 aromatic rings. The summed E-state index contributed by atoms with van der Waals surface area (Å²) < 4.78 is 5.13. The zero-order valence-corrected chi connectivity index (χ0v) is 17.9. The van der Waals surface area contributed by atoms with Gasteiger partial charge in [0.1, 0.15) is 0 Å². The van der Waals surface area contributed by atoms with Crippen molar-refractivity contribution in [2.24, 2.45) is 0 Å². The summed E-state index contributed by atoms with van der Waals surface area (Å²) in [5.41, 5.74) is 3.86. The van der Waals surface area contributed by atoms with Crippen molar-refractivity contribution >= 4 is 29.3 Å². The Labute approximate surface area is 186 Å². The zero-order valence-electron chi connectivity index (χ0n) is 17.2. The number of fused-ring (bicyclic) bond motifs is 1. The fraction of sp³-hybridized carbons (Fsp3) is 0.200. The number of halogens is 1. The maximum absolute atomic E-state index is 13.4. The Hall–Kier alpha value is -3.31. The first-order valence-corrected chi connectivity index (χ1v) is 10.6. The number of rotatable bonds is 4. The highest BCUT2D eigenvalue weighted by Crippen LogP contribution is 2.38. The van der Waals surface area contributed by atoms with Gasteiger partial charge in [0.25, 0.3) is 0 Å². The van der Waals surface area contributed by atoms with Gasteiger partial charge in [0.05, 0.1) is 23.9 Å². The number of carbonyl (C=O) groups is 2. The van der Waals surface area contributed by atoms with Crippen LogP contribution in [-0.2, 0) is 11.2 Å². The van der Waals surface area contributed by atoms with Crippen molar-refractivity contribution in [3.05, 3.63) is 100 Å². The summed E-state index contributed by atoms with van der Waals surface area (Å²) in [5.74, 6) is -0.468. The van der Waals surface area contributed by atoms with Gasteiger partial charge in [-0.3, -0.25) is 0 Å². The number of hydrogen-bond acceptors (Lipinski definition) is 3. The van der Waals surface area contributed by atoms with Crippen LogP contribution in [0.3, 0.4) is 0 Å². The van der Waals surface area contributed by atoms with Crippen LogP contribution in [0.1, 0.15) is 40.0 Å². The molecule has 5 nitrogen and oxygen atoms in total. The number of para-hydroxylation sites is 1. The van der Waals surface area contributed by atoms with E-state index in [1.165, 1.54) is 5.56 Å². The van der Waals surface area contributed by atoms with Gasteiger partial charge in [-0.1, -0.05) is 66.2 Å². The number of urea groups is 1. The fourth-order valence-corrected chi connectivity index (χ4v) is 4.22. The first-order chi connectivity index (χ1) is 15.1. The Bertz CT molecular complexity index is 1120. The lowest BCUT2D eigenvalue weighted by molar-refractivity contribution is 0.0527. The van der Waals surface area contributed by atoms with E-state index < -0.39 is 5.97 Å². The van der Waals surface area contributed by atoms with E-state index in [4.69, 9.17) is 16.3 Å². The van der Waals surface area contributed by atoms with E-state index in [2.05, 4.69) is 11.4 Å². The number of nitrogens with one attached hydrogen (secondary N) is 1. The standard InChI is InChI=1S/C25H23ClN2O3/c1-2-31-24(29)20-12-6-8-14-22(20)27-25(30)28-16-15-17-9-3-4-10-18(17)23(28)19-11-5-7-13-21(19)26/h3-14,23H,2,15-16H2,1H3,(H,27,30)/t23-/m1/s1. The van der Waals surface area contributed by atoms with E-state index in [0.29, 0.717) is 22.8 Å². The number of anilines is 1. The molecule has 2 amide bonds. The van der Waals surface area contributed by atoms with Crippen molar-refractivity contribution in [3.8, 4) is 0 Å². The summed E-state index contributed by atoms with van der Waals surface area (Å²) in [6.07, 6.45) is 0.740. The molecule has 0 spiro atoms. The molecule has 0 aromatic heterocycles. The smallest absolute Gasteiger partial charge is 0.340 e. The summed E-state index contributed by atoms with van der Waals surface area (Å²) >= 11 is 6.54. The third-order valence-corrected chi connectivity index (χ3v) is 5.75. The second kappa shape index (κ2) is 9.23. The molecule has 0 fully saturated rings. The van der Waals surface area contributed by atoms with Crippen molar-refractivity contribution in [3.63, 3.8) is 0 Å². The van der Waals surface area contributed by atoms with Crippen molar-refractivity contribution in [2.75, 3.05) is 18.5 Å². The van der Waals surface area contributed by atoms with Gasteiger partial charge >= 0.3 is 12.0 Å². The zero-order chi connectivity index (χ0) is 21.8. The lowest BCUT2D eigenvalue weighted by Crippen LogP contribution is -2.43. The largest absolute Gasteiger partial charge is 0.462 e. The number of benzene rings is 3. The lowest BCUT2D eigenvalue weighted by atomic mass is 9.88. The van der Waals surface area contributed by atoms with Crippen LogP contribution >= 0.6 is 11.6 Å². The van der Waals surface area contributed by atoms with Crippen LogP contribution in [0.25, 0.3) is 0 Å². The second-order valence-corrected chi connectivity index (χ2v) is 7.67. The average molecular weight is 435 g/mol. The summed E-state index contributed by atoms with van der Waals surface area (Å²) in [5, 5.41) is 3.52. The van der Waals surface area contributed by atoms with Crippen LogP contribution in [-0.4, -0.2) is 30.1 Å². The minimum Gasteiger partial charge on any atom is -0.462 e. The minimum absolute atomic E-state index is 0.263. The summed E-state index contributed by atoms with van der Waals surface area (Å²) in [4.78, 5) is 27.5. The molecule has 1 atom stereocenters. The molecule has 1 aliphatic heterocycles. The van der Waals surface area contributed by atoms with E-state index >= 15 is 0 Å². The molecular formula is C25H23ClN2O3. The SMILES string of the molecule is CCOC(=O)c1ccccc1NC(=O)N1CCc2ccccc2[C@@H]1c1ccccc1Cl. The molecule has 0 saturated carbocycles. The Morgan fingerprint density at radius 1 is 1.00 bits per heavy atom. The van der Waals surface area contributed by atoms with Gasteiger partial charge in [-0.25, -0.2) is 9.59 Å². The molecule has 1 heterocycles.